The van der Waals surface area contributed by atoms with Crippen LogP contribution in [-0.4, -0.2) is 248 Å². The smallest absolute Gasteiger partial charge is 0.404 e. The van der Waals surface area contributed by atoms with Crippen molar-refractivity contribution in [3.8, 4) is 0 Å². The Bertz CT molecular complexity index is 4910. The van der Waals surface area contributed by atoms with Crippen molar-refractivity contribution in [2.24, 2.45) is 11.5 Å². The number of primary amides is 2. The van der Waals surface area contributed by atoms with Crippen LogP contribution in [-0.2, 0) is 168 Å². The molecule has 12 rings (SSSR count). The molecule has 5 aliphatic heterocycles. The van der Waals surface area contributed by atoms with Gasteiger partial charge in [0.1, 0.15) is 72.6 Å². The number of ether oxygens (including phenoxy) is 21. The molecule has 0 unspecified atom stereocenters. The van der Waals surface area contributed by atoms with Gasteiger partial charge in [-0.1, -0.05) is 239 Å². The fourth-order valence-electron chi connectivity index (χ4n) is 16.4. The monoisotopic (exact) mass is 1910 g/mol. The lowest BCUT2D eigenvalue weighted by Crippen LogP contribution is -2.73. The van der Waals surface area contributed by atoms with E-state index < -0.39 is 223 Å². The number of hydrogen-bond acceptors (Lipinski definition) is 30. The first-order valence-corrected chi connectivity index (χ1v) is 52.7. The van der Waals surface area contributed by atoms with Gasteiger partial charge in [-0.3, -0.25) is 24.0 Å². The summed E-state index contributed by atoms with van der Waals surface area (Å²) >= 11 is 0. The fourth-order valence-corrected chi connectivity index (χ4v) is 17.9. The first-order valence-electron chi connectivity index (χ1n) is 45.3. The van der Waals surface area contributed by atoms with E-state index in [4.69, 9.17) is 111 Å². The lowest BCUT2D eigenvalue weighted by atomic mass is 9.85. The van der Waals surface area contributed by atoms with Crippen molar-refractivity contribution < 1.29 is 143 Å². The molecule has 0 saturated carbocycles. The van der Waals surface area contributed by atoms with Crippen LogP contribution in [0.3, 0.4) is 0 Å². The Hall–Kier alpha value is -10.1. The lowest BCUT2D eigenvalue weighted by Gasteiger charge is -2.52. The third-order valence-corrected chi connectivity index (χ3v) is 26.5. The Labute approximate surface area is 788 Å². The molecular formula is C99H126N4O30Si2. The number of benzene rings is 7. The molecule has 7 aromatic carbocycles. The molecule has 0 bridgehead atoms. The SMILES string of the molecule is CC(=O)N[C@H]1[C@H](O[C@H]2[C@H](OC(C)=O)[C@@H](NC(C)=O)[C@H](O[C@H]3[C@H](OCC[Si](C)(C)C)O[C@H](C(N)=O)[C@@](C)(O)[C@@H]3OC(N)=O)O[C@@H]2CO[C@@H]2O[C@H](COCc3ccccc3)[C@@H](OCc3ccccc3)[C@H](OCc3ccccc3)[C@H]2OCc2ccccc2)O[C@H](C)[C@@H](O[C@@H]2O[C@H](C(=O)OCC[Si](C)(C)C)[C@H](OCc3ccccc3)[C@H](OCc3ccccc3)[C@H]2OC(=O)c2ccccc2)[C@@H]1OC(C)=O. The Kier molecular flexibility index (Phi) is 37.8. The summed E-state index contributed by atoms with van der Waals surface area (Å²) in [5.41, 5.74) is 13.8. The van der Waals surface area contributed by atoms with Gasteiger partial charge in [-0.05, 0) is 71.4 Å². The Balaban J connectivity index is 0.996. The van der Waals surface area contributed by atoms with Gasteiger partial charge in [0, 0.05) is 50.4 Å². The summed E-state index contributed by atoms with van der Waals surface area (Å²) in [5.74, 6) is -6.59. The second-order valence-electron chi connectivity index (χ2n) is 36.5. The van der Waals surface area contributed by atoms with Crippen LogP contribution in [0.5, 0.6) is 0 Å². The van der Waals surface area contributed by atoms with Crippen LogP contribution in [0, 0.1) is 0 Å². The highest BCUT2D eigenvalue weighted by Gasteiger charge is 2.63. The van der Waals surface area contributed by atoms with Crippen LogP contribution in [0.4, 0.5) is 4.79 Å². The third-order valence-electron chi connectivity index (χ3n) is 23.1. The highest BCUT2D eigenvalue weighted by Crippen LogP contribution is 2.43. The molecule has 5 saturated heterocycles. The molecule has 25 atom stereocenters. The molecule has 36 heteroatoms. The molecule has 7 N–H and O–H groups in total. The standard InChI is InChI=1S/C99H126N4O30Si2/c1-60-76(128-97-86(127-91(109)71-46-32-19-33-47-71)83(119-56-69-42-28-17-29-43-69)82(118-55-68-40-26-16-27-41-68)84(130-97)92(110)114-48-50-134(7,8)9)79(123-63(4)106)74(102-61(2)104)93(122-60)129-78-73(125-94(75(103-62(3)105)80(78)124-64(5)107)131-87-88(133-98(101)111)99(6,112)89(90(100)108)132-96(87)115-49-51-135(10,11)12)59-121-95-85(120-57-70-44-30-18-31-45-70)81(117-54-67-38-24-15-25-39-67)77(116-53-66-36-22-14-23-37-66)72(126-95)58-113-52-65-34-20-13-21-35-65/h13-47,60,72-89,93-97,112H,48-59H2,1-12H3,(H2,100,108)(H2,101,111)(H,102,104)(H,103,105)/t60-,72-,73-,74-,75-,76-,77-,78-,79-,80-,81+,82-,83+,84+,85-,86-,87-,88-,89-,93+,94+,95-,96-,97-,99+/m1/s1. The summed E-state index contributed by atoms with van der Waals surface area (Å²) in [6, 6.07) is 61.2. The molecule has 5 heterocycles. The summed E-state index contributed by atoms with van der Waals surface area (Å²) in [6.45, 7) is 18.3. The summed E-state index contributed by atoms with van der Waals surface area (Å²) < 4.78 is 143. The van der Waals surface area contributed by atoms with Gasteiger partial charge < -0.3 is 127 Å². The van der Waals surface area contributed by atoms with Crippen LogP contribution in [0.1, 0.15) is 85.3 Å². The molecule has 0 radical (unpaired) electrons. The molecule has 7 aromatic rings. The molecular weight excluding hydrogens is 1780 g/mol. The average Bonchev–Trinajstić information content (AvgIpc) is 0.742. The van der Waals surface area contributed by atoms with Crippen molar-refractivity contribution in [2.75, 3.05) is 26.4 Å². The molecule has 4 amide bonds. The normalized spacial score (nSPS) is 29.2. The number of nitrogens with one attached hydrogen (secondary N) is 2. The number of esters is 4. The number of carbonyl (C=O) groups is 8. The van der Waals surface area contributed by atoms with Crippen LogP contribution in [0.2, 0.25) is 51.4 Å². The molecule has 5 aliphatic rings. The molecule has 135 heavy (non-hydrogen) atoms. The maximum absolute atomic E-state index is 15.3. The van der Waals surface area contributed by atoms with Crippen LogP contribution in [0.15, 0.2) is 212 Å². The highest BCUT2D eigenvalue weighted by molar-refractivity contribution is 6.76. The van der Waals surface area contributed by atoms with Crippen molar-refractivity contribution in [3.05, 3.63) is 251 Å². The minimum absolute atomic E-state index is 0.00337. The van der Waals surface area contributed by atoms with E-state index in [1.807, 2.05) is 170 Å². The Morgan fingerprint density at radius 3 is 1.24 bits per heavy atom. The predicted octanol–water partition coefficient (Wildman–Crippen LogP) is 9.98. The largest absolute Gasteiger partial charge is 0.464 e. The van der Waals surface area contributed by atoms with E-state index in [0.29, 0.717) is 23.2 Å². The van der Waals surface area contributed by atoms with Crippen LogP contribution < -0.4 is 22.1 Å². The van der Waals surface area contributed by atoms with Crippen molar-refractivity contribution >= 4 is 63.8 Å². The second-order valence-corrected chi connectivity index (χ2v) is 47.8. The highest BCUT2D eigenvalue weighted by atomic mass is 28.3. The maximum Gasteiger partial charge on any atom is 0.404 e. The van der Waals surface area contributed by atoms with E-state index in [-0.39, 0.29) is 65.0 Å². The minimum atomic E-state index is -2.61. The van der Waals surface area contributed by atoms with Gasteiger partial charge in [-0.2, -0.15) is 0 Å². The number of rotatable bonds is 44. The zero-order valence-electron chi connectivity index (χ0n) is 78.0. The Morgan fingerprint density at radius 2 is 0.778 bits per heavy atom. The van der Waals surface area contributed by atoms with Gasteiger partial charge in [0.2, 0.25) is 17.7 Å². The minimum Gasteiger partial charge on any atom is -0.464 e. The van der Waals surface area contributed by atoms with Gasteiger partial charge >= 0.3 is 30.0 Å². The first-order chi connectivity index (χ1) is 64.6. The predicted molar refractivity (Wildman–Crippen MR) is 490 cm³/mol. The van der Waals surface area contributed by atoms with Crippen molar-refractivity contribution in [1.29, 1.82) is 0 Å². The molecule has 0 aromatic heterocycles. The Morgan fingerprint density at radius 1 is 0.385 bits per heavy atom. The second kappa shape index (κ2) is 49.2. The van der Waals surface area contributed by atoms with Gasteiger partial charge in [0.15, 0.2) is 74.2 Å². The third kappa shape index (κ3) is 29.9. The molecule has 5 fully saturated rings. The number of hydrogen-bond donors (Lipinski definition) is 5. The summed E-state index contributed by atoms with van der Waals surface area (Å²) in [6.07, 6.45) is -38.2. The molecule has 0 aliphatic carbocycles. The fraction of sp³-hybridized carbons (Fsp3) is 0.495. The summed E-state index contributed by atoms with van der Waals surface area (Å²) in [4.78, 5) is 115. The molecule has 34 nitrogen and oxygen atoms in total. The van der Waals surface area contributed by atoms with Crippen molar-refractivity contribution in [2.45, 2.75) is 285 Å². The number of carbonyl (C=O) groups excluding carboxylic acids is 8. The van der Waals surface area contributed by atoms with Gasteiger partial charge in [-0.25, -0.2) is 14.4 Å². The quantitative estimate of drug-likeness (QED) is 0.0135. The molecule has 0 spiro atoms. The van der Waals surface area contributed by atoms with Crippen LogP contribution >= 0.6 is 0 Å². The van der Waals surface area contributed by atoms with Crippen molar-refractivity contribution in [1.82, 2.24) is 10.6 Å². The zero-order chi connectivity index (χ0) is 96.5. The van der Waals surface area contributed by atoms with E-state index in [0.717, 1.165) is 56.9 Å². The van der Waals surface area contributed by atoms with E-state index in [2.05, 4.69) is 49.9 Å². The van der Waals surface area contributed by atoms with E-state index >= 15 is 4.79 Å². The summed E-state index contributed by atoms with van der Waals surface area (Å²) in [7, 11) is -3.90. The number of nitrogens with two attached hydrogens (primary N) is 2. The van der Waals surface area contributed by atoms with Gasteiger partial charge in [0.25, 0.3) is 0 Å². The van der Waals surface area contributed by atoms with Crippen molar-refractivity contribution in [3.63, 3.8) is 0 Å². The van der Waals surface area contributed by atoms with E-state index in [1.54, 1.807) is 30.3 Å². The topological polar surface area (TPSA) is 427 Å². The van der Waals surface area contributed by atoms with Gasteiger partial charge in [-0.15, -0.1) is 0 Å². The lowest BCUT2D eigenvalue weighted by molar-refractivity contribution is -0.381. The van der Waals surface area contributed by atoms with Crippen LogP contribution in [0.25, 0.3) is 0 Å². The van der Waals surface area contributed by atoms with E-state index in [9.17, 15) is 38.7 Å². The number of aliphatic hydroxyl groups is 1. The zero-order valence-corrected chi connectivity index (χ0v) is 80.0. The van der Waals surface area contributed by atoms with E-state index in [1.165, 1.54) is 19.1 Å². The maximum atomic E-state index is 15.3. The average molecular weight is 1910 g/mol. The molecule has 730 valence electrons. The number of amides is 4. The summed E-state index contributed by atoms with van der Waals surface area (Å²) in [5, 5.41) is 18.3. The first kappa shape index (κ1) is 104. The van der Waals surface area contributed by atoms with Gasteiger partial charge in [0.05, 0.1) is 71.1 Å².